The zero-order valence-electron chi connectivity index (χ0n) is 14.6. The summed E-state index contributed by atoms with van der Waals surface area (Å²) in [6, 6.07) is 10.3. The van der Waals surface area contributed by atoms with Crippen molar-refractivity contribution in [2.24, 2.45) is 5.92 Å². The van der Waals surface area contributed by atoms with Gasteiger partial charge in [-0.1, -0.05) is 36.8 Å². The fourth-order valence-electron chi connectivity index (χ4n) is 3.52. The van der Waals surface area contributed by atoms with Crippen molar-refractivity contribution in [3.63, 3.8) is 0 Å². The van der Waals surface area contributed by atoms with Crippen LogP contribution in [0.15, 0.2) is 30.3 Å². The van der Waals surface area contributed by atoms with Crippen LogP contribution in [-0.2, 0) is 14.6 Å². The minimum absolute atomic E-state index is 0. The van der Waals surface area contributed by atoms with Gasteiger partial charge in [0, 0.05) is 43.8 Å². The van der Waals surface area contributed by atoms with Crippen LogP contribution < -0.4 is 5.32 Å². The molecule has 7 heteroatoms. The smallest absolute Gasteiger partial charge is 0.223 e. The Morgan fingerprint density at radius 2 is 1.88 bits per heavy atom. The van der Waals surface area contributed by atoms with E-state index in [2.05, 4.69) is 22.3 Å². The summed E-state index contributed by atoms with van der Waals surface area (Å²) in [7, 11) is -2.97. The lowest BCUT2D eigenvalue weighted by Crippen LogP contribution is -2.44. The minimum atomic E-state index is -2.97. The number of nitrogens with zero attached hydrogens (tertiary/aromatic N) is 1. The largest absolute Gasteiger partial charge is 0.351 e. The van der Waals surface area contributed by atoms with Crippen LogP contribution in [0.3, 0.4) is 0 Å². The molecule has 2 fully saturated rings. The molecule has 25 heavy (non-hydrogen) atoms. The summed E-state index contributed by atoms with van der Waals surface area (Å²) in [6.45, 7) is 2.03. The summed E-state index contributed by atoms with van der Waals surface area (Å²) in [5.41, 5.74) is 1.21. The van der Waals surface area contributed by atoms with E-state index in [1.165, 1.54) is 11.8 Å². The zero-order chi connectivity index (χ0) is 17.2. The predicted octanol–water partition coefficient (Wildman–Crippen LogP) is 1.84. The first-order valence-electron chi connectivity index (χ1n) is 8.68. The molecule has 3 rings (SSSR count). The first-order chi connectivity index (χ1) is 11.4. The van der Waals surface area contributed by atoms with E-state index >= 15 is 0 Å². The first kappa shape index (κ1) is 20.2. The highest BCUT2D eigenvalue weighted by molar-refractivity contribution is 7.90. The molecule has 1 N–H and O–H groups in total. The van der Waals surface area contributed by atoms with Crippen molar-refractivity contribution < 1.29 is 13.2 Å². The molecule has 1 aromatic rings. The lowest BCUT2D eigenvalue weighted by atomic mass is 9.84. The monoisotopic (exact) mass is 386 g/mol. The molecule has 0 spiro atoms. The van der Waals surface area contributed by atoms with Crippen LogP contribution in [0.1, 0.15) is 30.7 Å². The molecule has 1 saturated heterocycles. The van der Waals surface area contributed by atoms with Crippen LogP contribution in [0.25, 0.3) is 0 Å². The average Bonchev–Trinajstić information content (AvgIpc) is 2.86. The molecule has 1 aliphatic carbocycles. The molecule has 0 unspecified atom stereocenters. The zero-order valence-corrected chi connectivity index (χ0v) is 16.2. The maximum absolute atomic E-state index is 12.4. The lowest BCUT2D eigenvalue weighted by molar-refractivity contribution is -0.128. The number of likely N-dealkylation sites (tertiary alicyclic amines) is 1. The molecule has 1 aliphatic heterocycles. The Hall–Kier alpha value is -1.11. The Morgan fingerprint density at radius 3 is 2.44 bits per heavy atom. The third kappa shape index (κ3) is 5.43. The topological polar surface area (TPSA) is 66.5 Å². The van der Waals surface area contributed by atoms with E-state index in [4.69, 9.17) is 0 Å². The van der Waals surface area contributed by atoms with Crippen molar-refractivity contribution in [1.82, 2.24) is 10.2 Å². The second kappa shape index (κ2) is 8.52. The van der Waals surface area contributed by atoms with Gasteiger partial charge in [0.1, 0.15) is 9.84 Å². The Balaban J connectivity index is 0.00000225. The van der Waals surface area contributed by atoms with Crippen LogP contribution in [-0.4, -0.2) is 56.9 Å². The number of rotatable bonds is 6. The number of carbonyl (C=O) groups excluding carboxylic acids is 1. The van der Waals surface area contributed by atoms with Gasteiger partial charge < -0.3 is 5.32 Å². The number of halogens is 1. The van der Waals surface area contributed by atoms with Gasteiger partial charge >= 0.3 is 0 Å². The Labute approximate surface area is 156 Å². The Kier molecular flexibility index (Phi) is 6.88. The maximum atomic E-state index is 12.4. The van der Waals surface area contributed by atoms with Crippen molar-refractivity contribution in [3.8, 4) is 0 Å². The van der Waals surface area contributed by atoms with E-state index in [-0.39, 0.29) is 41.9 Å². The number of amides is 1. The fraction of sp³-hybridized carbons (Fsp3) is 0.611. The molecule has 140 valence electrons. The third-order valence-electron chi connectivity index (χ3n) is 5.21. The van der Waals surface area contributed by atoms with Gasteiger partial charge in [0.25, 0.3) is 0 Å². The van der Waals surface area contributed by atoms with E-state index in [1.54, 1.807) is 0 Å². The third-order valence-corrected chi connectivity index (χ3v) is 6.13. The van der Waals surface area contributed by atoms with Crippen LogP contribution in [0, 0.1) is 5.92 Å². The summed E-state index contributed by atoms with van der Waals surface area (Å²) >= 11 is 0. The fourth-order valence-corrected chi connectivity index (χ4v) is 4.11. The molecule has 1 saturated carbocycles. The standard InChI is InChI=1S/C18H26N2O3S.ClH/c1-24(22,23)11-10-20-12-16(14-6-3-2-4-7-14)17(13-20)19-18(21)15-8-5-9-15;/h2-4,6-7,15-17H,5,8-13H2,1H3,(H,19,21);1H/t16-,17+;/m1./s1. The molecule has 0 aromatic heterocycles. The normalized spacial score (nSPS) is 24.4. The van der Waals surface area contributed by atoms with Gasteiger partial charge in [0.2, 0.25) is 5.91 Å². The van der Waals surface area contributed by atoms with Gasteiger partial charge in [-0.25, -0.2) is 8.42 Å². The number of benzene rings is 1. The molecule has 1 heterocycles. The van der Waals surface area contributed by atoms with Gasteiger partial charge in [-0.2, -0.15) is 0 Å². The van der Waals surface area contributed by atoms with Crippen molar-refractivity contribution in [2.75, 3.05) is 31.6 Å². The highest BCUT2D eigenvalue weighted by Gasteiger charge is 2.36. The van der Waals surface area contributed by atoms with Gasteiger partial charge in [0.05, 0.1) is 5.75 Å². The highest BCUT2D eigenvalue weighted by Crippen LogP contribution is 2.30. The van der Waals surface area contributed by atoms with Crippen LogP contribution in [0.5, 0.6) is 0 Å². The summed E-state index contributed by atoms with van der Waals surface area (Å²) in [4.78, 5) is 14.5. The minimum Gasteiger partial charge on any atom is -0.351 e. The summed E-state index contributed by atoms with van der Waals surface area (Å²) in [6.07, 6.45) is 4.40. The van der Waals surface area contributed by atoms with Crippen molar-refractivity contribution in [2.45, 2.75) is 31.2 Å². The van der Waals surface area contributed by atoms with Crippen LogP contribution >= 0.6 is 12.4 Å². The van der Waals surface area contributed by atoms with Gasteiger partial charge in [0.15, 0.2) is 0 Å². The predicted molar refractivity (Wildman–Crippen MR) is 102 cm³/mol. The molecule has 0 bridgehead atoms. The first-order valence-corrected chi connectivity index (χ1v) is 10.7. The number of sulfone groups is 1. The lowest BCUT2D eigenvalue weighted by Gasteiger charge is -2.28. The van der Waals surface area contributed by atoms with Gasteiger partial charge in [-0.15, -0.1) is 12.4 Å². The number of carbonyl (C=O) groups is 1. The SMILES string of the molecule is CS(=O)(=O)CCN1C[C@H](NC(=O)C2CCC2)[C@@H](c2ccccc2)C1.Cl. The molecule has 2 aliphatic rings. The summed E-state index contributed by atoms with van der Waals surface area (Å²) in [5.74, 6) is 0.719. The van der Waals surface area contributed by atoms with Gasteiger partial charge in [-0.3, -0.25) is 9.69 Å². The molecule has 1 aromatic carbocycles. The van der Waals surface area contributed by atoms with E-state index in [0.29, 0.717) is 13.1 Å². The second-order valence-electron chi connectivity index (χ2n) is 7.15. The molecule has 1 amide bonds. The quantitative estimate of drug-likeness (QED) is 0.810. The van der Waals surface area contributed by atoms with Crippen molar-refractivity contribution in [1.29, 1.82) is 0 Å². The summed E-state index contributed by atoms with van der Waals surface area (Å²) < 4.78 is 22.9. The Morgan fingerprint density at radius 1 is 1.20 bits per heavy atom. The number of hydrogen-bond donors (Lipinski definition) is 1. The molecule has 2 atom stereocenters. The van der Waals surface area contributed by atoms with E-state index in [0.717, 1.165) is 25.8 Å². The van der Waals surface area contributed by atoms with Crippen LogP contribution in [0.4, 0.5) is 0 Å². The van der Waals surface area contributed by atoms with E-state index in [9.17, 15) is 13.2 Å². The van der Waals surface area contributed by atoms with E-state index in [1.807, 2.05) is 18.2 Å². The van der Waals surface area contributed by atoms with Crippen molar-refractivity contribution >= 4 is 28.2 Å². The van der Waals surface area contributed by atoms with Crippen molar-refractivity contribution in [3.05, 3.63) is 35.9 Å². The van der Waals surface area contributed by atoms with Crippen LogP contribution in [0.2, 0.25) is 0 Å². The average molecular weight is 387 g/mol. The second-order valence-corrected chi connectivity index (χ2v) is 9.41. The summed E-state index contributed by atoms with van der Waals surface area (Å²) in [5, 5.41) is 3.23. The number of nitrogens with one attached hydrogen (secondary N) is 1. The molecule has 0 radical (unpaired) electrons. The van der Waals surface area contributed by atoms with E-state index < -0.39 is 9.84 Å². The van der Waals surface area contributed by atoms with Gasteiger partial charge in [-0.05, 0) is 18.4 Å². The molecular formula is C18H27ClN2O3S. The highest BCUT2D eigenvalue weighted by atomic mass is 35.5. The Bertz CT molecular complexity index is 677. The maximum Gasteiger partial charge on any atom is 0.223 e. The molecule has 5 nitrogen and oxygen atoms in total. The number of hydrogen-bond acceptors (Lipinski definition) is 4. The molecular weight excluding hydrogens is 360 g/mol.